The Morgan fingerprint density at radius 3 is 2.42 bits per heavy atom. The molecular weight excluding hydrogens is 244 g/mol. The number of ether oxygens (including phenoxy) is 2. The van der Waals surface area contributed by atoms with Crippen molar-refractivity contribution < 1.29 is 19.1 Å². The molecule has 0 aromatic carbocycles. The molecule has 4 nitrogen and oxygen atoms in total. The molecule has 1 fully saturated rings. The van der Waals surface area contributed by atoms with Gasteiger partial charge in [0.1, 0.15) is 0 Å². The summed E-state index contributed by atoms with van der Waals surface area (Å²) < 4.78 is 10.3. The normalized spacial score (nSPS) is 22.5. The zero-order chi connectivity index (χ0) is 14.6. The first-order valence-corrected chi connectivity index (χ1v) is 7.21. The van der Waals surface area contributed by atoms with Gasteiger partial charge in [0.25, 0.3) is 0 Å². The highest BCUT2D eigenvalue weighted by Crippen LogP contribution is 2.40. The van der Waals surface area contributed by atoms with E-state index in [4.69, 9.17) is 9.47 Å². The summed E-state index contributed by atoms with van der Waals surface area (Å²) in [6, 6.07) is 0. The number of carbonyl (C=O) groups excluding carboxylic acids is 2. The van der Waals surface area contributed by atoms with Crippen LogP contribution in [0, 0.1) is 17.3 Å². The van der Waals surface area contributed by atoms with Gasteiger partial charge >= 0.3 is 11.9 Å². The topological polar surface area (TPSA) is 52.6 Å². The minimum Gasteiger partial charge on any atom is -0.463 e. The summed E-state index contributed by atoms with van der Waals surface area (Å²) in [5.41, 5.74) is -0.503. The van der Waals surface area contributed by atoms with Crippen LogP contribution in [-0.2, 0) is 19.1 Å². The molecule has 4 heteroatoms. The summed E-state index contributed by atoms with van der Waals surface area (Å²) in [4.78, 5) is 24.0. The molecule has 2 unspecified atom stereocenters. The molecule has 1 aliphatic heterocycles. The Kier molecular flexibility index (Phi) is 5.39. The van der Waals surface area contributed by atoms with Crippen molar-refractivity contribution in [3.05, 3.63) is 0 Å². The maximum Gasteiger partial charge on any atom is 0.347 e. The highest BCUT2D eigenvalue weighted by molar-refractivity contribution is 5.83. The zero-order valence-electron chi connectivity index (χ0n) is 12.7. The van der Waals surface area contributed by atoms with Crippen LogP contribution in [0.5, 0.6) is 0 Å². The smallest absolute Gasteiger partial charge is 0.347 e. The van der Waals surface area contributed by atoms with Gasteiger partial charge in [-0.15, -0.1) is 0 Å². The van der Waals surface area contributed by atoms with Crippen molar-refractivity contribution in [2.75, 3.05) is 6.61 Å². The molecular formula is C15H26O4. The third kappa shape index (κ3) is 3.48. The minimum atomic E-state index is -0.704. The SMILES string of the molecule is CCC(CC(C)C)(C(=O)OC1CCOC1=O)C(C)C. The molecule has 0 amide bonds. The third-order valence-corrected chi connectivity index (χ3v) is 4.05. The Morgan fingerprint density at radius 1 is 1.42 bits per heavy atom. The molecule has 1 rings (SSSR count). The molecule has 0 aromatic heterocycles. The summed E-state index contributed by atoms with van der Waals surface area (Å²) in [7, 11) is 0. The number of cyclic esters (lactones) is 1. The molecule has 0 aliphatic carbocycles. The van der Waals surface area contributed by atoms with Crippen LogP contribution in [0.3, 0.4) is 0 Å². The second-order valence-electron chi connectivity index (χ2n) is 6.11. The van der Waals surface area contributed by atoms with E-state index < -0.39 is 17.5 Å². The predicted molar refractivity (Wildman–Crippen MR) is 72.5 cm³/mol. The van der Waals surface area contributed by atoms with Gasteiger partial charge in [0.2, 0.25) is 6.10 Å². The van der Waals surface area contributed by atoms with Crippen LogP contribution in [0.2, 0.25) is 0 Å². The maximum atomic E-state index is 12.5. The number of esters is 2. The monoisotopic (exact) mass is 270 g/mol. The fraction of sp³-hybridized carbons (Fsp3) is 0.867. The van der Waals surface area contributed by atoms with Crippen LogP contribution in [-0.4, -0.2) is 24.6 Å². The molecule has 0 aromatic rings. The van der Waals surface area contributed by atoms with E-state index in [-0.39, 0.29) is 11.9 Å². The molecule has 0 saturated carbocycles. The van der Waals surface area contributed by atoms with E-state index in [1.54, 1.807) is 0 Å². The van der Waals surface area contributed by atoms with E-state index in [2.05, 4.69) is 13.8 Å². The van der Waals surface area contributed by atoms with Crippen LogP contribution in [0.15, 0.2) is 0 Å². The highest BCUT2D eigenvalue weighted by Gasteiger charge is 2.44. The van der Waals surface area contributed by atoms with E-state index in [0.717, 1.165) is 12.8 Å². The first-order valence-electron chi connectivity index (χ1n) is 7.21. The number of hydrogen-bond donors (Lipinski definition) is 0. The molecule has 0 N–H and O–H groups in total. The van der Waals surface area contributed by atoms with Crippen molar-refractivity contribution >= 4 is 11.9 Å². The van der Waals surface area contributed by atoms with E-state index >= 15 is 0 Å². The molecule has 19 heavy (non-hydrogen) atoms. The Balaban J connectivity index is 2.84. The van der Waals surface area contributed by atoms with Crippen LogP contribution in [0.4, 0.5) is 0 Å². The second-order valence-corrected chi connectivity index (χ2v) is 6.11. The van der Waals surface area contributed by atoms with Crippen molar-refractivity contribution in [3.8, 4) is 0 Å². The number of carbonyl (C=O) groups is 2. The maximum absolute atomic E-state index is 12.5. The fourth-order valence-corrected chi connectivity index (χ4v) is 2.81. The van der Waals surface area contributed by atoms with Crippen LogP contribution >= 0.6 is 0 Å². The Labute approximate surface area is 115 Å². The van der Waals surface area contributed by atoms with Gasteiger partial charge in [-0.1, -0.05) is 34.6 Å². The number of rotatable bonds is 6. The van der Waals surface area contributed by atoms with Crippen molar-refractivity contribution in [3.63, 3.8) is 0 Å². The molecule has 1 saturated heterocycles. The lowest BCUT2D eigenvalue weighted by molar-refractivity contribution is -0.172. The van der Waals surface area contributed by atoms with Gasteiger partial charge in [-0.25, -0.2) is 4.79 Å². The fourth-order valence-electron chi connectivity index (χ4n) is 2.81. The standard InChI is InChI=1S/C15H26O4/c1-6-15(11(4)5,9-10(2)3)14(17)19-12-7-8-18-13(12)16/h10-12H,6-9H2,1-5H3. The van der Waals surface area contributed by atoms with Gasteiger partial charge in [-0.2, -0.15) is 0 Å². The van der Waals surface area contributed by atoms with Gasteiger partial charge in [-0.3, -0.25) is 4.79 Å². The van der Waals surface area contributed by atoms with Crippen molar-refractivity contribution in [1.29, 1.82) is 0 Å². The summed E-state index contributed by atoms with van der Waals surface area (Å²) in [5.74, 6) is -0.0653. The molecule has 1 heterocycles. The Morgan fingerprint density at radius 2 is 2.05 bits per heavy atom. The van der Waals surface area contributed by atoms with E-state index in [1.807, 2.05) is 20.8 Å². The van der Waals surface area contributed by atoms with E-state index in [9.17, 15) is 9.59 Å². The van der Waals surface area contributed by atoms with E-state index in [1.165, 1.54) is 0 Å². The second kappa shape index (κ2) is 6.40. The molecule has 110 valence electrons. The molecule has 0 radical (unpaired) electrons. The minimum absolute atomic E-state index is 0.185. The van der Waals surface area contributed by atoms with Gasteiger partial charge in [0.05, 0.1) is 12.0 Å². The third-order valence-electron chi connectivity index (χ3n) is 4.05. The summed E-state index contributed by atoms with van der Waals surface area (Å²) >= 11 is 0. The summed E-state index contributed by atoms with van der Waals surface area (Å²) in [6.45, 7) is 10.6. The van der Waals surface area contributed by atoms with Gasteiger partial charge in [-0.05, 0) is 24.7 Å². The van der Waals surface area contributed by atoms with Gasteiger partial charge < -0.3 is 9.47 Å². The molecule has 0 spiro atoms. The average molecular weight is 270 g/mol. The van der Waals surface area contributed by atoms with Crippen LogP contribution in [0.1, 0.15) is 53.9 Å². The van der Waals surface area contributed by atoms with Crippen molar-refractivity contribution in [2.24, 2.45) is 17.3 Å². The largest absolute Gasteiger partial charge is 0.463 e. The molecule has 0 bridgehead atoms. The van der Waals surface area contributed by atoms with E-state index in [0.29, 0.717) is 18.9 Å². The van der Waals surface area contributed by atoms with Crippen molar-refractivity contribution in [2.45, 2.75) is 60.0 Å². The van der Waals surface area contributed by atoms with Crippen LogP contribution < -0.4 is 0 Å². The van der Waals surface area contributed by atoms with Crippen LogP contribution in [0.25, 0.3) is 0 Å². The average Bonchev–Trinajstić information content (AvgIpc) is 2.71. The first kappa shape index (κ1) is 16.0. The lowest BCUT2D eigenvalue weighted by atomic mass is 9.70. The summed E-state index contributed by atoms with van der Waals surface area (Å²) in [5, 5.41) is 0. The Bertz CT molecular complexity index is 335. The van der Waals surface area contributed by atoms with Gasteiger partial charge in [0.15, 0.2) is 0 Å². The lowest BCUT2D eigenvalue weighted by Crippen LogP contribution is -2.41. The highest BCUT2D eigenvalue weighted by atomic mass is 16.6. The zero-order valence-corrected chi connectivity index (χ0v) is 12.7. The summed E-state index contributed by atoms with van der Waals surface area (Å²) in [6.07, 6.45) is 1.28. The Hall–Kier alpha value is -1.06. The first-order chi connectivity index (χ1) is 8.83. The number of hydrogen-bond acceptors (Lipinski definition) is 4. The van der Waals surface area contributed by atoms with Crippen molar-refractivity contribution in [1.82, 2.24) is 0 Å². The van der Waals surface area contributed by atoms with Gasteiger partial charge in [0, 0.05) is 6.42 Å². The lowest BCUT2D eigenvalue weighted by Gasteiger charge is -2.36. The predicted octanol–water partition coefficient (Wildman–Crippen LogP) is 2.94. The quantitative estimate of drug-likeness (QED) is 0.696. The molecule has 1 aliphatic rings. The molecule has 2 atom stereocenters.